The number of carbonyl (C=O) groups is 2. The lowest BCUT2D eigenvalue weighted by atomic mass is 10.1. The molecule has 5 nitrogen and oxygen atoms in total. The van der Waals surface area contributed by atoms with E-state index in [0.717, 1.165) is 30.0 Å². The summed E-state index contributed by atoms with van der Waals surface area (Å²) < 4.78 is 0. The van der Waals surface area contributed by atoms with E-state index in [4.69, 9.17) is 0 Å². The second-order valence-electron chi connectivity index (χ2n) is 6.88. The number of nitrogens with zero attached hydrogens (tertiary/aromatic N) is 1. The predicted octanol–water partition coefficient (Wildman–Crippen LogP) is 3.36. The highest BCUT2D eigenvalue weighted by atomic mass is 16.2. The van der Waals surface area contributed by atoms with E-state index in [1.54, 1.807) is 0 Å². The molecule has 0 saturated carbocycles. The zero-order valence-electron chi connectivity index (χ0n) is 15.6. The highest BCUT2D eigenvalue weighted by Gasteiger charge is 2.15. The summed E-state index contributed by atoms with van der Waals surface area (Å²) in [6.45, 7) is 2.40. The topological polar surface area (TPSA) is 61.4 Å². The Hall–Kier alpha value is -2.82. The molecule has 3 rings (SSSR count). The van der Waals surface area contributed by atoms with Gasteiger partial charge < -0.3 is 15.5 Å². The Morgan fingerprint density at radius 1 is 0.852 bits per heavy atom. The van der Waals surface area contributed by atoms with Crippen LogP contribution in [0, 0.1) is 0 Å². The van der Waals surface area contributed by atoms with Gasteiger partial charge in [0, 0.05) is 26.1 Å². The molecule has 1 aliphatic heterocycles. The first-order valence-corrected chi connectivity index (χ1v) is 9.67. The number of rotatable bonds is 7. The number of amides is 2. The smallest absolute Gasteiger partial charge is 0.226 e. The zero-order valence-corrected chi connectivity index (χ0v) is 15.6. The standard InChI is InChI=1S/C22H27N3O2/c26-21(13-14-23-22(27)17-18-9-3-1-4-10-18)24-19-11-5-6-12-20(19)25-15-7-2-8-16-25/h1,3-6,9-12H,2,7-8,13-17H2,(H,23,27)(H,24,26). The zero-order chi connectivity index (χ0) is 18.9. The van der Waals surface area contributed by atoms with E-state index in [-0.39, 0.29) is 18.2 Å². The first kappa shape index (κ1) is 19.0. The molecule has 0 bridgehead atoms. The van der Waals surface area contributed by atoms with Crippen LogP contribution in [0.4, 0.5) is 11.4 Å². The van der Waals surface area contributed by atoms with Crippen molar-refractivity contribution in [3.8, 4) is 0 Å². The van der Waals surface area contributed by atoms with Crippen molar-refractivity contribution >= 4 is 23.2 Å². The molecule has 1 heterocycles. The minimum absolute atomic E-state index is 0.0669. The number of benzene rings is 2. The Bertz CT molecular complexity index is 755. The van der Waals surface area contributed by atoms with Gasteiger partial charge in [-0.3, -0.25) is 9.59 Å². The molecule has 142 valence electrons. The molecular formula is C22H27N3O2. The fraction of sp³-hybridized carbons (Fsp3) is 0.364. The van der Waals surface area contributed by atoms with Gasteiger partial charge in [0.25, 0.3) is 0 Å². The van der Waals surface area contributed by atoms with Crippen LogP contribution in [0.2, 0.25) is 0 Å². The third-order valence-corrected chi connectivity index (χ3v) is 4.76. The molecule has 2 aromatic rings. The molecule has 1 fully saturated rings. The molecule has 5 heteroatoms. The summed E-state index contributed by atoms with van der Waals surface area (Å²) >= 11 is 0. The largest absolute Gasteiger partial charge is 0.370 e. The summed E-state index contributed by atoms with van der Waals surface area (Å²) in [7, 11) is 0. The summed E-state index contributed by atoms with van der Waals surface area (Å²) in [6.07, 6.45) is 4.24. The number of anilines is 2. The van der Waals surface area contributed by atoms with Crippen molar-refractivity contribution in [3.05, 3.63) is 60.2 Å². The van der Waals surface area contributed by atoms with Crippen molar-refractivity contribution in [2.75, 3.05) is 29.9 Å². The van der Waals surface area contributed by atoms with Crippen molar-refractivity contribution in [1.29, 1.82) is 0 Å². The summed E-state index contributed by atoms with van der Waals surface area (Å²) in [5, 5.41) is 5.81. The fourth-order valence-electron chi connectivity index (χ4n) is 3.36. The SMILES string of the molecule is O=C(Cc1ccccc1)NCCC(=O)Nc1ccccc1N1CCCCC1. The van der Waals surface area contributed by atoms with Crippen LogP contribution in [-0.2, 0) is 16.0 Å². The highest BCUT2D eigenvalue weighted by molar-refractivity contribution is 5.94. The predicted molar refractivity (Wildman–Crippen MR) is 109 cm³/mol. The first-order valence-electron chi connectivity index (χ1n) is 9.67. The normalized spacial score (nSPS) is 13.9. The highest BCUT2D eigenvalue weighted by Crippen LogP contribution is 2.28. The van der Waals surface area contributed by atoms with Crippen molar-refractivity contribution in [2.24, 2.45) is 0 Å². The lowest BCUT2D eigenvalue weighted by Crippen LogP contribution is -2.31. The van der Waals surface area contributed by atoms with Gasteiger partial charge in [0.15, 0.2) is 0 Å². The van der Waals surface area contributed by atoms with Crippen molar-refractivity contribution in [3.63, 3.8) is 0 Å². The number of nitrogens with one attached hydrogen (secondary N) is 2. The average molecular weight is 365 g/mol. The van der Waals surface area contributed by atoms with Gasteiger partial charge in [-0.2, -0.15) is 0 Å². The maximum atomic E-state index is 12.3. The summed E-state index contributed by atoms with van der Waals surface area (Å²) in [4.78, 5) is 26.6. The van der Waals surface area contributed by atoms with E-state index < -0.39 is 0 Å². The number of hydrogen-bond donors (Lipinski definition) is 2. The van der Waals surface area contributed by atoms with Gasteiger partial charge in [0.1, 0.15) is 0 Å². The van der Waals surface area contributed by atoms with Crippen LogP contribution in [0.3, 0.4) is 0 Å². The van der Waals surface area contributed by atoms with Gasteiger partial charge in [-0.25, -0.2) is 0 Å². The lowest BCUT2D eigenvalue weighted by molar-refractivity contribution is -0.120. The van der Waals surface area contributed by atoms with Crippen molar-refractivity contribution in [2.45, 2.75) is 32.1 Å². The minimum atomic E-state index is -0.0838. The Kier molecular flexibility index (Phi) is 6.85. The van der Waals surface area contributed by atoms with Gasteiger partial charge in [0.05, 0.1) is 17.8 Å². The van der Waals surface area contributed by atoms with Gasteiger partial charge in [-0.05, 0) is 37.0 Å². The fourth-order valence-corrected chi connectivity index (χ4v) is 3.36. The van der Waals surface area contributed by atoms with E-state index in [9.17, 15) is 9.59 Å². The van der Waals surface area contributed by atoms with Gasteiger partial charge in [-0.1, -0.05) is 42.5 Å². The van der Waals surface area contributed by atoms with Gasteiger partial charge in [0.2, 0.25) is 11.8 Å². The van der Waals surface area contributed by atoms with E-state index in [0.29, 0.717) is 13.0 Å². The van der Waals surface area contributed by atoms with Crippen LogP contribution in [0.5, 0.6) is 0 Å². The van der Waals surface area contributed by atoms with Crippen LogP contribution in [0.1, 0.15) is 31.2 Å². The van der Waals surface area contributed by atoms with Crippen molar-refractivity contribution < 1.29 is 9.59 Å². The molecular weight excluding hydrogens is 338 g/mol. The molecule has 1 aliphatic rings. The van der Waals surface area contributed by atoms with E-state index in [2.05, 4.69) is 21.6 Å². The van der Waals surface area contributed by atoms with Crippen LogP contribution in [-0.4, -0.2) is 31.4 Å². The Morgan fingerprint density at radius 3 is 2.33 bits per heavy atom. The van der Waals surface area contributed by atoms with Crippen LogP contribution < -0.4 is 15.5 Å². The Labute approximate surface area is 160 Å². The molecule has 2 N–H and O–H groups in total. The van der Waals surface area contributed by atoms with Crippen LogP contribution in [0.25, 0.3) is 0 Å². The molecule has 2 aromatic carbocycles. The molecule has 0 aromatic heterocycles. The molecule has 0 spiro atoms. The van der Waals surface area contributed by atoms with E-state index in [1.807, 2.05) is 48.5 Å². The first-order chi connectivity index (χ1) is 13.2. The van der Waals surface area contributed by atoms with Gasteiger partial charge in [-0.15, -0.1) is 0 Å². The summed E-state index contributed by atoms with van der Waals surface area (Å²) in [6, 6.07) is 17.5. The molecule has 0 aliphatic carbocycles. The monoisotopic (exact) mass is 365 g/mol. The number of carbonyl (C=O) groups excluding carboxylic acids is 2. The van der Waals surface area contributed by atoms with Gasteiger partial charge >= 0.3 is 0 Å². The molecule has 27 heavy (non-hydrogen) atoms. The number of piperidine rings is 1. The molecule has 0 unspecified atom stereocenters. The average Bonchev–Trinajstić information content (AvgIpc) is 2.70. The maximum Gasteiger partial charge on any atom is 0.226 e. The molecule has 2 amide bonds. The van der Waals surface area contributed by atoms with Crippen molar-refractivity contribution in [1.82, 2.24) is 5.32 Å². The molecule has 0 radical (unpaired) electrons. The third kappa shape index (κ3) is 5.84. The van der Waals surface area contributed by atoms with Crippen LogP contribution in [0.15, 0.2) is 54.6 Å². The second kappa shape index (κ2) is 9.76. The van der Waals surface area contributed by atoms with E-state index in [1.165, 1.54) is 19.3 Å². The minimum Gasteiger partial charge on any atom is -0.370 e. The number of para-hydroxylation sites is 2. The Morgan fingerprint density at radius 2 is 1.56 bits per heavy atom. The molecule has 0 atom stereocenters. The van der Waals surface area contributed by atoms with Crippen LogP contribution >= 0.6 is 0 Å². The second-order valence-corrected chi connectivity index (χ2v) is 6.88. The summed E-state index contributed by atoms with van der Waals surface area (Å²) in [5.41, 5.74) is 2.90. The summed E-state index contributed by atoms with van der Waals surface area (Å²) in [5.74, 6) is -0.151. The quantitative estimate of drug-likeness (QED) is 0.791. The third-order valence-electron chi connectivity index (χ3n) is 4.76. The maximum absolute atomic E-state index is 12.3. The lowest BCUT2D eigenvalue weighted by Gasteiger charge is -2.30. The Balaban J connectivity index is 1.46. The van der Waals surface area contributed by atoms with E-state index >= 15 is 0 Å². The molecule has 1 saturated heterocycles. The number of hydrogen-bond acceptors (Lipinski definition) is 3.